The highest BCUT2D eigenvalue weighted by Gasteiger charge is 2.44. The first-order chi connectivity index (χ1) is 10.7. The fourth-order valence-corrected chi connectivity index (χ4v) is 5.59. The number of alkyl halides is 1. The van der Waals surface area contributed by atoms with Crippen molar-refractivity contribution in [3.63, 3.8) is 0 Å². The molecule has 0 radical (unpaired) electrons. The third-order valence-electron chi connectivity index (χ3n) is 4.36. The van der Waals surface area contributed by atoms with Gasteiger partial charge in [0.05, 0.1) is 0 Å². The predicted molar refractivity (Wildman–Crippen MR) is 101 cm³/mol. The average Bonchev–Trinajstić information content (AvgIpc) is 3.07. The fraction of sp³-hybridized carbons (Fsp3) is 0.278. The largest absolute Gasteiger partial charge is 0.319 e. The van der Waals surface area contributed by atoms with Gasteiger partial charge in [-0.05, 0) is 36.4 Å². The highest BCUT2D eigenvalue weighted by molar-refractivity contribution is 14.1. The lowest BCUT2D eigenvalue weighted by atomic mass is 10.1. The Bertz CT molecular complexity index is 828. The molecule has 0 spiro atoms. The van der Waals surface area contributed by atoms with E-state index in [1.807, 2.05) is 11.8 Å². The first kappa shape index (κ1) is 14.6. The van der Waals surface area contributed by atoms with Crippen LogP contribution in [0.15, 0.2) is 59.8 Å². The van der Waals surface area contributed by atoms with Crippen molar-refractivity contribution in [1.29, 1.82) is 0 Å². The quantitative estimate of drug-likeness (QED) is 0.349. The summed E-state index contributed by atoms with van der Waals surface area (Å²) in [6.07, 6.45) is 0. The fourth-order valence-electron chi connectivity index (χ4n) is 3.17. The summed E-state index contributed by atoms with van der Waals surface area (Å²) < 4.78 is 6.17. The van der Waals surface area contributed by atoms with Gasteiger partial charge in [0.15, 0.2) is 11.0 Å². The first-order valence-corrected chi connectivity index (χ1v) is 10.0. The molecule has 0 fully saturated rings. The van der Waals surface area contributed by atoms with E-state index in [4.69, 9.17) is 0 Å². The van der Waals surface area contributed by atoms with Gasteiger partial charge in [-0.2, -0.15) is 0 Å². The van der Waals surface area contributed by atoms with Crippen LogP contribution < -0.4 is 4.57 Å². The molecule has 3 aromatic rings. The van der Waals surface area contributed by atoms with Crippen LogP contribution in [0.1, 0.15) is 12.5 Å². The molecule has 2 aromatic carbocycles. The van der Waals surface area contributed by atoms with E-state index in [0.717, 1.165) is 16.7 Å². The monoisotopic (exact) mass is 421 g/mol. The number of hydrogen-bond donors (Lipinski definition) is 0. The summed E-state index contributed by atoms with van der Waals surface area (Å²) in [5.41, 5.74) is 4.26. The Morgan fingerprint density at radius 3 is 2.64 bits per heavy atom. The van der Waals surface area contributed by atoms with E-state index < -0.39 is 0 Å². The normalized spacial score (nSPS) is 20.5. The SMILES string of the molecule is CC1(CI)CSc2n1c1ccccc1[n+]2Cc1ccccc1. The molecule has 1 atom stereocenters. The summed E-state index contributed by atoms with van der Waals surface area (Å²) in [6.45, 7) is 3.32. The molecule has 1 aliphatic rings. The predicted octanol–water partition coefficient (Wildman–Crippen LogP) is 4.23. The number of hydrogen-bond acceptors (Lipinski definition) is 1. The lowest BCUT2D eigenvalue weighted by molar-refractivity contribution is -0.701. The highest BCUT2D eigenvalue weighted by Crippen LogP contribution is 2.40. The molecular formula is C18H18IN2S+. The molecule has 0 N–H and O–H groups in total. The zero-order chi connectivity index (χ0) is 15.2. The van der Waals surface area contributed by atoms with Crippen molar-refractivity contribution in [1.82, 2.24) is 4.57 Å². The standard InChI is InChI=1S/C18H18IN2S/c1-18(12-19)13-22-17-20(11-14-7-3-2-4-8-14)15-9-5-6-10-16(15)21(17)18/h2-10H,11-13H2,1H3/q+1. The zero-order valence-corrected chi connectivity index (χ0v) is 15.5. The third kappa shape index (κ3) is 2.19. The van der Waals surface area contributed by atoms with Gasteiger partial charge < -0.3 is 0 Å². The molecule has 0 saturated heterocycles. The van der Waals surface area contributed by atoms with E-state index in [1.165, 1.54) is 21.8 Å². The average molecular weight is 421 g/mol. The van der Waals surface area contributed by atoms with Crippen molar-refractivity contribution in [2.24, 2.45) is 0 Å². The van der Waals surface area contributed by atoms with Gasteiger partial charge in [-0.15, -0.1) is 0 Å². The second-order valence-corrected chi connectivity index (χ2v) is 7.80. The van der Waals surface area contributed by atoms with Gasteiger partial charge in [-0.1, -0.05) is 65.1 Å². The zero-order valence-electron chi connectivity index (χ0n) is 12.5. The maximum absolute atomic E-state index is 2.56. The summed E-state index contributed by atoms with van der Waals surface area (Å²) in [4.78, 5) is 0. The molecule has 2 nitrogen and oxygen atoms in total. The Morgan fingerprint density at radius 1 is 1.14 bits per heavy atom. The number of rotatable bonds is 3. The molecule has 0 amide bonds. The third-order valence-corrected chi connectivity index (χ3v) is 7.43. The molecule has 4 rings (SSSR count). The van der Waals surface area contributed by atoms with Crippen LogP contribution >= 0.6 is 34.4 Å². The number of nitrogens with zero attached hydrogens (tertiary/aromatic N) is 2. The van der Waals surface area contributed by atoms with Gasteiger partial charge in [0.1, 0.15) is 12.1 Å². The smallest absolute Gasteiger partial charge is 0.213 e. The number of thioether (sulfide) groups is 1. The van der Waals surface area contributed by atoms with E-state index >= 15 is 0 Å². The summed E-state index contributed by atoms with van der Waals surface area (Å²) in [6, 6.07) is 19.6. The number of benzene rings is 2. The Hall–Kier alpha value is -1.01. The molecule has 112 valence electrons. The van der Waals surface area contributed by atoms with Crippen molar-refractivity contribution in [2.75, 3.05) is 10.2 Å². The summed E-state index contributed by atoms with van der Waals surface area (Å²) in [7, 11) is 0. The Morgan fingerprint density at radius 2 is 1.86 bits per heavy atom. The van der Waals surface area contributed by atoms with Crippen molar-refractivity contribution in [2.45, 2.75) is 24.2 Å². The van der Waals surface area contributed by atoms with Crippen molar-refractivity contribution >= 4 is 45.4 Å². The second kappa shape index (κ2) is 5.57. The molecule has 2 heterocycles. The molecule has 0 saturated carbocycles. The molecule has 1 aromatic heterocycles. The van der Waals surface area contributed by atoms with Gasteiger partial charge in [0.2, 0.25) is 0 Å². The number of para-hydroxylation sites is 2. The lowest BCUT2D eigenvalue weighted by Crippen LogP contribution is -2.36. The topological polar surface area (TPSA) is 8.81 Å². The maximum atomic E-state index is 2.56. The molecule has 1 unspecified atom stereocenters. The van der Waals surface area contributed by atoms with Gasteiger partial charge in [-0.25, -0.2) is 9.13 Å². The van der Waals surface area contributed by atoms with Crippen molar-refractivity contribution in [3.05, 3.63) is 60.2 Å². The Labute approximate surface area is 148 Å². The molecule has 0 bridgehead atoms. The number of halogens is 1. The minimum absolute atomic E-state index is 0.210. The van der Waals surface area contributed by atoms with Crippen molar-refractivity contribution in [3.8, 4) is 0 Å². The molecular weight excluding hydrogens is 403 g/mol. The maximum Gasteiger partial charge on any atom is 0.319 e. The number of fused-ring (bicyclic) bond motifs is 3. The summed E-state index contributed by atoms with van der Waals surface area (Å²) >= 11 is 4.52. The van der Waals surface area contributed by atoms with Crippen LogP contribution in [-0.4, -0.2) is 14.7 Å². The molecule has 0 aliphatic carbocycles. The van der Waals surface area contributed by atoms with Crippen LogP contribution in [0.3, 0.4) is 0 Å². The van der Waals surface area contributed by atoms with E-state index in [-0.39, 0.29) is 5.54 Å². The lowest BCUT2D eigenvalue weighted by Gasteiger charge is -2.17. The van der Waals surface area contributed by atoms with E-state index in [2.05, 4.69) is 93.2 Å². The van der Waals surface area contributed by atoms with Gasteiger partial charge in [0.25, 0.3) is 0 Å². The molecule has 22 heavy (non-hydrogen) atoms. The number of imidazole rings is 1. The highest BCUT2D eigenvalue weighted by atomic mass is 127. The van der Waals surface area contributed by atoms with E-state index in [0.29, 0.717) is 0 Å². The van der Waals surface area contributed by atoms with Crippen LogP contribution in [0, 0.1) is 0 Å². The van der Waals surface area contributed by atoms with E-state index in [9.17, 15) is 0 Å². The minimum Gasteiger partial charge on any atom is -0.213 e. The van der Waals surface area contributed by atoms with E-state index in [1.54, 1.807) is 0 Å². The summed E-state index contributed by atoms with van der Waals surface area (Å²) in [5, 5.41) is 1.39. The molecule has 4 heteroatoms. The van der Waals surface area contributed by atoms with Crippen LogP contribution in [0.5, 0.6) is 0 Å². The minimum atomic E-state index is 0.210. The van der Waals surface area contributed by atoms with Crippen LogP contribution in [0.2, 0.25) is 0 Å². The van der Waals surface area contributed by atoms with Crippen LogP contribution in [0.25, 0.3) is 11.0 Å². The second-order valence-electron chi connectivity index (χ2n) is 6.10. The van der Waals surface area contributed by atoms with Crippen LogP contribution in [-0.2, 0) is 12.1 Å². The van der Waals surface area contributed by atoms with Gasteiger partial charge in [-0.3, -0.25) is 0 Å². The van der Waals surface area contributed by atoms with Crippen LogP contribution in [0.4, 0.5) is 0 Å². The number of aromatic nitrogens is 2. The first-order valence-electron chi connectivity index (χ1n) is 7.49. The Kier molecular flexibility index (Phi) is 3.69. The molecule has 1 aliphatic heterocycles. The van der Waals surface area contributed by atoms with Crippen molar-refractivity contribution < 1.29 is 4.57 Å². The van der Waals surface area contributed by atoms with Gasteiger partial charge >= 0.3 is 5.16 Å². The Balaban J connectivity index is 1.93. The summed E-state index contributed by atoms with van der Waals surface area (Å²) in [5.74, 6) is 1.16. The van der Waals surface area contributed by atoms with Gasteiger partial charge in [0, 0.05) is 10.2 Å².